The molecule has 0 aromatic heterocycles. The molecule has 0 aliphatic heterocycles. The highest BCUT2D eigenvalue weighted by molar-refractivity contribution is 5.87. The van der Waals surface area contributed by atoms with E-state index in [0.29, 0.717) is 30.0 Å². The summed E-state index contributed by atoms with van der Waals surface area (Å²) in [6, 6.07) is 6.43. The minimum atomic E-state index is -0.225. The molecule has 150 valence electrons. The summed E-state index contributed by atoms with van der Waals surface area (Å²) in [5, 5.41) is 0. The molecule has 3 aliphatic rings. The number of benzene rings is 1. The number of carbonyl (C=O) groups is 2. The van der Waals surface area contributed by atoms with Crippen LogP contribution in [0, 0.1) is 17.3 Å². The second-order valence-electron chi connectivity index (χ2n) is 9.04. The van der Waals surface area contributed by atoms with Crippen molar-refractivity contribution in [2.45, 2.75) is 64.2 Å². The van der Waals surface area contributed by atoms with Crippen LogP contribution in [0.25, 0.3) is 6.08 Å². The van der Waals surface area contributed by atoms with E-state index < -0.39 is 0 Å². The van der Waals surface area contributed by atoms with E-state index in [1.165, 1.54) is 16.7 Å². The topological polar surface area (TPSA) is 69.4 Å². The Morgan fingerprint density at radius 1 is 1.29 bits per heavy atom. The second-order valence-corrected chi connectivity index (χ2v) is 9.04. The summed E-state index contributed by atoms with van der Waals surface area (Å²) in [5.41, 5.74) is 9.29. The van der Waals surface area contributed by atoms with Crippen LogP contribution in [0.15, 0.2) is 23.8 Å². The summed E-state index contributed by atoms with van der Waals surface area (Å²) in [6.07, 6.45) is 9.38. The first-order valence-electron chi connectivity index (χ1n) is 10.6. The first-order valence-corrected chi connectivity index (χ1v) is 10.6. The first kappa shape index (κ1) is 19.2. The standard InChI is InChI=1S/C24H31NO3/c1-24-12-11-19-18-8-7-17(28-2)14-16(18)13-15(5-3-4-6-22(25)27)23(19)20(24)9-10-21(24)26/h7-8,13-14,19-20,23H,3-6,9-12H2,1-2H3,(H2,25,27)/t19-,20+,23-,24+/m1/s1. The van der Waals surface area contributed by atoms with Gasteiger partial charge >= 0.3 is 0 Å². The highest BCUT2D eigenvalue weighted by Crippen LogP contribution is 2.61. The highest BCUT2D eigenvalue weighted by Gasteiger charge is 2.55. The van der Waals surface area contributed by atoms with E-state index in [1.54, 1.807) is 7.11 Å². The minimum Gasteiger partial charge on any atom is -0.497 e. The molecule has 3 aliphatic carbocycles. The molecule has 1 aromatic carbocycles. The Hall–Kier alpha value is -2.10. The molecule has 2 saturated carbocycles. The van der Waals surface area contributed by atoms with E-state index in [9.17, 15) is 9.59 Å². The monoisotopic (exact) mass is 381 g/mol. The van der Waals surface area contributed by atoms with E-state index >= 15 is 0 Å². The largest absolute Gasteiger partial charge is 0.497 e. The van der Waals surface area contributed by atoms with Gasteiger partial charge in [0.15, 0.2) is 0 Å². The zero-order valence-electron chi connectivity index (χ0n) is 17.0. The van der Waals surface area contributed by atoms with Gasteiger partial charge in [0.05, 0.1) is 7.11 Å². The lowest BCUT2D eigenvalue weighted by Gasteiger charge is -2.48. The van der Waals surface area contributed by atoms with E-state index in [2.05, 4.69) is 31.2 Å². The van der Waals surface area contributed by atoms with Gasteiger partial charge in [-0.05, 0) is 79.5 Å². The van der Waals surface area contributed by atoms with Crippen molar-refractivity contribution in [1.29, 1.82) is 0 Å². The van der Waals surface area contributed by atoms with Crippen molar-refractivity contribution >= 4 is 17.8 Å². The lowest BCUT2D eigenvalue weighted by atomic mass is 9.55. The van der Waals surface area contributed by atoms with Crippen molar-refractivity contribution in [3.05, 3.63) is 34.9 Å². The molecule has 4 rings (SSSR count). The zero-order valence-corrected chi connectivity index (χ0v) is 17.0. The van der Waals surface area contributed by atoms with E-state index in [-0.39, 0.29) is 11.3 Å². The number of unbranched alkanes of at least 4 members (excludes halogenated alkanes) is 1. The fourth-order valence-electron chi connectivity index (χ4n) is 6.08. The number of carbonyl (C=O) groups excluding carboxylic acids is 2. The van der Waals surface area contributed by atoms with Crippen LogP contribution in [0.5, 0.6) is 5.75 Å². The summed E-state index contributed by atoms with van der Waals surface area (Å²) < 4.78 is 5.45. The Balaban J connectivity index is 1.68. The molecular weight excluding hydrogens is 350 g/mol. The smallest absolute Gasteiger partial charge is 0.217 e. The quantitative estimate of drug-likeness (QED) is 0.731. The first-order chi connectivity index (χ1) is 13.4. The number of fused-ring (bicyclic) bond motifs is 5. The third-order valence-electron chi connectivity index (χ3n) is 7.58. The Bertz CT molecular complexity index is 827. The van der Waals surface area contributed by atoms with Crippen LogP contribution in [0.1, 0.15) is 75.3 Å². The second kappa shape index (κ2) is 7.38. The van der Waals surface area contributed by atoms with Gasteiger partial charge in [-0.25, -0.2) is 0 Å². The van der Waals surface area contributed by atoms with Crippen LogP contribution >= 0.6 is 0 Å². The number of rotatable bonds is 6. The van der Waals surface area contributed by atoms with Crippen molar-refractivity contribution in [3.63, 3.8) is 0 Å². The zero-order chi connectivity index (χ0) is 19.9. The van der Waals surface area contributed by atoms with Gasteiger partial charge in [-0.3, -0.25) is 9.59 Å². The summed E-state index contributed by atoms with van der Waals surface area (Å²) in [4.78, 5) is 23.8. The number of hydrogen-bond acceptors (Lipinski definition) is 3. The van der Waals surface area contributed by atoms with Crippen molar-refractivity contribution < 1.29 is 14.3 Å². The minimum absolute atomic E-state index is 0.155. The van der Waals surface area contributed by atoms with Gasteiger partial charge in [0.2, 0.25) is 5.91 Å². The third-order valence-corrected chi connectivity index (χ3v) is 7.58. The predicted molar refractivity (Wildman–Crippen MR) is 110 cm³/mol. The van der Waals surface area contributed by atoms with E-state index in [1.807, 2.05) is 0 Å². The number of allylic oxidation sites excluding steroid dienone is 1. The summed E-state index contributed by atoms with van der Waals surface area (Å²) in [7, 11) is 1.71. The van der Waals surface area contributed by atoms with Gasteiger partial charge in [0.25, 0.3) is 0 Å². The van der Waals surface area contributed by atoms with Crippen LogP contribution in [-0.4, -0.2) is 18.8 Å². The average molecular weight is 382 g/mol. The van der Waals surface area contributed by atoms with Crippen LogP contribution in [0.2, 0.25) is 0 Å². The summed E-state index contributed by atoms with van der Waals surface area (Å²) in [5.74, 6) is 2.50. The SMILES string of the molecule is COc1ccc2c(c1)C=C(CCCCC(N)=O)[C@@H]1[C@@H]2CC[C@]2(C)C(=O)CC[C@@H]12. The van der Waals surface area contributed by atoms with Crippen molar-refractivity contribution in [1.82, 2.24) is 0 Å². The number of amides is 1. The molecule has 2 fully saturated rings. The van der Waals surface area contributed by atoms with Crippen LogP contribution in [0.3, 0.4) is 0 Å². The maximum absolute atomic E-state index is 12.7. The Morgan fingerprint density at radius 2 is 2.11 bits per heavy atom. The van der Waals surface area contributed by atoms with Gasteiger partial charge in [0, 0.05) is 18.3 Å². The number of primary amides is 1. The molecular formula is C24H31NO3. The van der Waals surface area contributed by atoms with Crippen LogP contribution in [-0.2, 0) is 9.59 Å². The third kappa shape index (κ3) is 3.17. The summed E-state index contributed by atoms with van der Waals surface area (Å²) in [6.45, 7) is 2.21. The number of ether oxygens (including phenoxy) is 1. The van der Waals surface area contributed by atoms with Crippen molar-refractivity contribution in [2.24, 2.45) is 23.0 Å². The van der Waals surface area contributed by atoms with Gasteiger partial charge in [-0.2, -0.15) is 0 Å². The lowest BCUT2D eigenvalue weighted by molar-refractivity contribution is -0.128. The number of hydrogen-bond donors (Lipinski definition) is 1. The molecule has 0 heterocycles. The number of Topliss-reactive ketones (excluding diaryl/α,β-unsaturated/α-hetero) is 1. The van der Waals surface area contributed by atoms with Gasteiger partial charge in [-0.15, -0.1) is 0 Å². The molecule has 0 unspecified atom stereocenters. The summed E-state index contributed by atoms with van der Waals surface area (Å²) >= 11 is 0. The van der Waals surface area contributed by atoms with Crippen molar-refractivity contribution in [2.75, 3.05) is 7.11 Å². The Morgan fingerprint density at radius 3 is 2.86 bits per heavy atom. The van der Waals surface area contributed by atoms with E-state index in [0.717, 1.165) is 50.7 Å². The van der Waals surface area contributed by atoms with Gasteiger partial charge < -0.3 is 10.5 Å². The van der Waals surface area contributed by atoms with Crippen LogP contribution in [0.4, 0.5) is 0 Å². The fourth-order valence-corrected chi connectivity index (χ4v) is 6.08. The number of ketones is 1. The van der Waals surface area contributed by atoms with Gasteiger partial charge in [0.1, 0.15) is 11.5 Å². The molecule has 4 atom stereocenters. The maximum atomic E-state index is 12.7. The Labute approximate surface area is 167 Å². The Kier molecular flexibility index (Phi) is 5.07. The highest BCUT2D eigenvalue weighted by atomic mass is 16.5. The van der Waals surface area contributed by atoms with Crippen molar-refractivity contribution in [3.8, 4) is 5.75 Å². The molecule has 0 radical (unpaired) electrons. The molecule has 0 spiro atoms. The molecule has 0 saturated heterocycles. The van der Waals surface area contributed by atoms with Crippen LogP contribution < -0.4 is 10.5 Å². The normalized spacial score (nSPS) is 30.9. The maximum Gasteiger partial charge on any atom is 0.217 e. The lowest BCUT2D eigenvalue weighted by Crippen LogP contribution is -2.42. The molecule has 2 N–H and O–H groups in total. The molecule has 28 heavy (non-hydrogen) atoms. The molecule has 1 amide bonds. The van der Waals surface area contributed by atoms with E-state index in [4.69, 9.17) is 10.5 Å². The average Bonchev–Trinajstić information content (AvgIpc) is 2.99. The molecule has 4 nitrogen and oxygen atoms in total. The number of methoxy groups -OCH3 is 1. The molecule has 0 bridgehead atoms. The predicted octanol–water partition coefficient (Wildman–Crippen LogP) is 4.62. The van der Waals surface area contributed by atoms with Gasteiger partial charge in [-0.1, -0.05) is 24.6 Å². The molecule has 4 heteroatoms. The molecule has 1 aromatic rings. The number of nitrogens with two attached hydrogens (primary N) is 1. The fraction of sp³-hybridized carbons (Fsp3) is 0.583.